The first kappa shape index (κ1) is 16.8. The molecule has 3 N–H and O–H groups in total. The Balaban J connectivity index is 1.69. The Bertz CT molecular complexity index is 485. The largest absolute Gasteiger partial charge is 0.491 e. The van der Waals surface area contributed by atoms with Gasteiger partial charge in [-0.25, -0.2) is 0 Å². The first-order chi connectivity index (χ1) is 10.5. The summed E-state index contributed by atoms with van der Waals surface area (Å²) in [6, 6.07) is 7.80. The van der Waals surface area contributed by atoms with Crippen LogP contribution in [-0.2, 0) is 4.79 Å². The maximum Gasteiger partial charge on any atom is 0.217 e. The van der Waals surface area contributed by atoms with E-state index < -0.39 is 6.10 Å². The molecule has 1 amide bonds. The molecule has 0 spiro atoms. The van der Waals surface area contributed by atoms with E-state index in [1.54, 1.807) is 0 Å². The number of para-hydroxylation sites is 1. The molecule has 0 bridgehead atoms. The average Bonchev–Trinajstić information content (AvgIpc) is 2.48. The van der Waals surface area contributed by atoms with E-state index in [9.17, 15) is 9.90 Å². The van der Waals surface area contributed by atoms with Gasteiger partial charge in [0.15, 0.2) is 0 Å². The second kappa shape index (κ2) is 8.15. The van der Waals surface area contributed by atoms with Gasteiger partial charge in [0.25, 0.3) is 0 Å². The molecule has 1 fully saturated rings. The monoisotopic (exact) mass is 306 g/mol. The lowest BCUT2D eigenvalue weighted by atomic mass is 9.93. The Morgan fingerprint density at radius 3 is 2.73 bits per heavy atom. The molecule has 0 aromatic heterocycles. The fourth-order valence-corrected chi connectivity index (χ4v) is 2.91. The van der Waals surface area contributed by atoms with E-state index in [1.165, 1.54) is 0 Å². The summed E-state index contributed by atoms with van der Waals surface area (Å²) in [4.78, 5) is 13.2. The summed E-state index contributed by atoms with van der Waals surface area (Å²) in [5.74, 6) is 1.00. The molecule has 1 aromatic rings. The highest BCUT2D eigenvalue weighted by Crippen LogP contribution is 2.20. The molecule has 1 unspecified atom stereocenters. The summed E-state index contributed by atoms with van der Waals surface area (Å²) < 4.78 is 5.68. The number of aliphatic hydroxyl groups is 1. The van der Waals surface area contributed by atoms with Crippen LogP contribution in [0.3, 0.4) is 0 Å². The Morgan fingerprint density at radius 1 is 1.41 bits per heavy atom. The van der Waals surface area contributed by atoms with Crippen molar-refractivity contribution in [3.05, 3.63) is 29.8 Å². The number of piperidine rings is 1. The van der Waals surface area contributed by atoms with Crippen LogP contribution in [0.5, 0.6) is 5.75 Å². The fraction of sp³-hybridized carbons (Fsp3) is 0.588. The van der Waals surface area contributed by atoms with Crippen LogP contribution in [0, 0.1) is 12.8 Å². The molecule has 2 rings (SSSR count). The Morgan fingerprint density at radius 2 is 2.09 bits per heavy atom. The van der Waals surface area contributed by atoms with E-state index in [2.05, 4.69) is 4.90 Å². The average molecular weight is 306 g/mol. The second-order valence-corrected chi connectivity index (χ2v) is 6.14. The number of hydrogen-bond donors (Lipinski definition) is 2. The summed E-state index contributed by atoms with van der Waals surface area (Å²) in [6.45, 7) is 4.70. The molecule has 1 aliphatic rings. The molecule has 0 saturated carbocycles. The van der Waals surface area contributed by atoms with Gasteiger partial charge in [0.1, 0.15) is 18.5 Å². The smallest absolute Gasteiger partial charge is 0.217 e. The molecule has 1 atom stereocenters. The van der Waals surface area contributed by atoms with Gasteiger partial charge < -0.3 is 20.5 Å². The summed E-state index contributed by atoms with van der Waals surface area (Å²) in [7, 11) is 0. The maximum atomic E-state index is 10.9. The van der Waals surface area contributed by atoms with Crippen molar-refractivity contribution in [3.8, 4) is 5.75 Å². The number of aliphatic hydroxyl groups excluding tert-OH is 1. The van der Waals surface area contributed by atoms with Crippen molar-refractivity contribution in [3.63, 3.8) is 0 Å². The number of likely N-dealkylation sites (tertiary alicyclic amines) is 1. The predicted molar refractivity (Wildman–Crippen MR) is 85.7 cm³/mol. The Hall–Kier alpha value is -1.59. The highest BCUT2D eigenvalue weighted by Gasteiger charge is 2.22. The number of primary amides is 1. The number of nitrogens with zero attached hydrogens (tertiary/aromatic N) is 1. The quantitative estimate of drug-likeness (QED) is 0.796. The molecule has 1 aromatic carbocycles. The van der Waals surface area contributed by atoms with Crippen LogP contribution in [0.25, 0.3) is 0 Å². The maximum absolute atomic E-state index is 10.9. The van der Waals surface area contributed by atoms with Crippen LogP contribution in [0.2, 0.25) is 0 Å². The van der Waals surface area contributed by atoms with Crippen LogP contribution >= 0.6 is 0 Å². The van der Waals surface area contributed by atoms with Crippen LogP contribution in [0.15, 0.2) is 24.3 Å². The molecule has 1 aliphatic heterocycles. The van der Waals surface area contributed by atoms with Gasteiger partial charge in [0, 0.05) is 13.0 Å². The number of benzene rings is 1. The van der Waals surface area contributed by atoms with Crippen molar-refractivity contribution in [1.29, 1.82) is 0 Å². The van der Waals surface area contributed by atoms with Crippen molar-refractivity contribution in [2.24, 2.45) is 11.7 Å². The first-order valence-corrected chi connectivity index (χ1v) is 7.91. The molecule has 1 saturated heterocycles. The lowest BCUT2D eigenvalue weighted by Crippen LogP contribution is -2.41. The third-order valence-corrected chi connectivity index (χ3v) is 4.19. The van der Waals surface area contributed by atoms with Gasteiger partial charge in [-0.1, -0.05) is 18.2 Å². The van der Waals surface area contributed by atoms with Crippen molar-refractivity contribution >= 4 is 5.91 Å². The number of aryl methyl sites for hydroxylation is 1. The van der Waals surface area contributed by atoms with Crippen molar-refractivity contribution in [2.45, 2.75) is 32.3 Å². The Kier molecular flexibility index (Phi) is 6.21. The molecular formula is C17H26N2O3. The van der Waals surface area contributed by atoms with Crippen LogP contribution < -0.4 is 10.5 Å². The summed E-state index contributed by atoms with van der Waals surface area (Å²) >= 11 is 0. The lowest BCUT2D eigenvalue weighted by Gasteiger charge is -2.32. The zero-order valence-corrected chi connectivity index (χ0v) is 13.2. The highest BCUT2D eigenvalue weighted by atomic mass is 16.5. The van der Waals surface area contributed by atoms with Gasteiger partial charge in [0.05, 0.1) is 0 Å². The summed E-state index contributed by atoms with van der Waals surface area (Å²) in [6.07, 6.45) is 1.90. The first-order valence-electron chi connectivity index (χ1n) is 7.91. The van der Waals surface area contributed by atoms with Crippen LogP contribution in [0.4, 0.5) is 0 Å². The third kappa shape index (κ3) is 5.31. The molecule has 5 heteroatoms. The third-order valence-electron chi connectivity index (χ3n) is 4.19. The van der Waals surface area contributed by atoms with Gasteiger partial charge in [-0.05, 0) is 50.4 Å². The minimum absolute atomic E-state index is 0.217. The number of hydrogen-bond acceptors (Lipinski definition) is 4. The van der Waals surface area contributed by atoms with Crippen molar-refractivity contribution in [2.75, 3.05) is 26.2 Å². The molecule has 1 heterocycles. The second-order valence-electron chi connectivity index (χ2n) is 6.14. The SMILES string of the molecule is Cc1ccccc1OCC(O)CN1CCC(CC(N)=O)CC1. The number of β-amino-alcohol motifs (C(OH)–C–C–N with tert-alkyl or cyclic N) is 1. The number of nitrogens with two attached hydrogens (primary N) is 1. The van der Waals surface area contributed by atoms with Gasteiger partial charge >= 0.3 is 0 Å². The summed E-state index contributed by atoms with van der Waals surface area (Å²) in [5.41, 5.74) is 6.31. The van der Waals surface area contributed by atoms with E-state index in [1.807, 2.05) is 31.2 Å². The van der Waals surface area contributed by atoms with Gasteiger partial charge in [0.2, 0.25) is 5.91 Å². The number of carbonyl (C=O) groups is 1. The van der Waals surface area contributed by atoms with Gasteiger partial charge in [-0.2, -0.15) is 0 Å². The van der Waals surface area contributed by atoms with Gasteiger partial charge in [-0.3, -0.25) is 4.79 Å². The number of carbonyl (C=O) groups excluding carboxylic acids is 1. The number of amides is 1. The zero-order valence-electron chi connectivity index (χ0n) is 13.2. The van der Waals surface area contributed by atoms with Gasteiger partial charge in [-0.15, -0.1) is 0 Å². The van der Waals surface area contributed by atoms with E-state index in [4.69, 9.17) is 10.5 Å². The van der Waals surface area contributed by atoms with Crippen molar-refractivity contribution in [1.82, 2.24) is 4.90 Å². The normalized spacial score (nSPS) is 18.1. The lowest BCUT2D eigenvalue weighted by molar-refractivity contribution is -0.119. The molecule has 122 valence electrons. The molecule has 22 heavy (non-hydrogen) atoms. The van der Waals surface area contributed by atoms with E-state index in [-0.39, 0.29) is 5.91 Å². The van der Waals surface area contributed by atoms with Crippen molar-refractivity contribution < 1.29 is 14.6 Å². The molecule has 0 radical (unpaired) electrons. The summed E-state index contributed by atoms with van der Waals surface area (Å²) in [5, 5.41) is 10.1. The fourth-order valence-electron chi connectivity index (χ4n) is 2.91. The number of ether oxygens (including phenoxy) is 1. The molecule has 0 aliphatic carbocycles. The van der Waals surface area contributed by atoms with Crippen LogP contribution in [-0.4, -0.2) is 48.3 Å². The minimum atomic E-state index is -0.507. The highest BCUT2D eigenvalue weighted by molar-refractivity contribution is 5.73. The predicted octanol–water partition coefficient (Wildman–Crippen LogP) is 1.32. The van der Waals surface area contributed by atoms with E-state index in [0.29, 0.717) is 25.5 Å². The topological polar surface area (TPSA) is 75.8 Å². The number of rotatable bonds is 7. The van der Waals surface area contributed by atoms with E-state index in [0.717, 1.165) is 37.2 Å². The minimum Gasteiger partial charge on any atom is -0.491 e. The standard InChI is InChI=1S/C17H26N2O3/c1-13-4-2-3-5-16(13)22-12-15(20)11-19-8-6-14(7-9-19)10-17(18)21/h2-5,14-15,20H,6-12H2,1H3,(H2,18,21). The van der Waals surface area contributed by atoms with E-state index >= 15 is 0 Å². The zero-order chi connectivity index (χ0) is 15.9. The molecular weight excluding hydrogens is 280 g/mol. The Labute approximate surface area is 132 Å². The molecule has 5 nitrogen and oxygen atoms in total. The van der Waals surface area contributed by atoms with Crippen LogP contribution in [0.1, 0.15) is 24.8 Å².